The van der Waals surface area contributed by atoms with Gasteiger partial charge >= 0.3 is 12.1 Å². The van der Waals surface area contributed by atoms with Crippen molar-refractivity contribution < 1.29 is 48.0 Å². The fraction of sp³-hybridized carbons (Fsp3) is 0.353. The number of esters is 1. The number of hydrogen-bond acceptors (Lipinski definition) is 10. The van der Waals surface area contributed by atoms with E-state index in [1.807, 2.05) is 0 Å². The lowest BCUT2D eigenvalue weighted by molar-refractivity contribution is -0.148. The molecule has 3 atom stereocenters. The third kappa shape index (κ3) is 9.06. The largest absolute Gasteiger partial charge is 0.508 e. The predicted molar refractivity (Wildman–Crippen MR) is 169 cm³/mol. The number of carbonyl (C=O) groups excluding carboxylic acids is 4. The molecule has 4 bridgehead atoms. The summed E-state index contributed by atoms with van der Waals surface area (Å²) in [5.41, 5.74) is 0.302. The molecule has 0 fully saturated rings. The molecule has 1 aliphatic rings. The summed E-state index contributed by atoms with van der Waals surface area (Å²) in [4.78, 5) is 54.2. The van der Waals surface area contributed by atoms with E-state index >= 15 is 0 Å². The molecule has 3 aromatic rings. The fourth-order valence-electron chi connectivity index (χ4n) is 4.82. The van der Waals surface area contributed by atoms with Crippen LogP contribution < -0.4 is 30.2 Å². The van der Waals surface area contributed by atoms with Crippen LogP contribution in [0.3, 0.4) is 0 Å². The first kappa shape index (κ1) is 34.4. The first-order chi connectivity index (χ1) is 22.3. The van der Waals surface area contributed by atoms with Crippen molar-refractivity contribution in [2.45, 2.75) is 57.8 Å². The van der Waals surface area contributed by atoms with Gasteiger partial charge in [0.25, 0.3) is 0 Å². The fourth-order valence-corrected chi connectivity index (χ4v) is 4.82. The maximum absolute atomic E-state index is 14.0. The first-order valence-corrected chi connectivity index (χ1v) is 14.9. The molecule has 250 valence electrons. The molecule has 3 aromatic carbocycles. The van der Waals surface area contributed by atoms with Crippen molar-refractivity contribution in [1.82, 2.24) is 16.0 Å². The van der Waals surface area contributed by atoms with E-state index in [1.54, 1.807) is 70.2 Å². The SMILES string of the molecule is CCOC(=O)[C@H]1NC(=O)[C@@H](Cc2ccc(O)cc2)NC(=O)[C@H](NC(=O)OC(C)(C)C)c2ccc(OC)c(c2)Oc2cc(OC)cc1c2. The number of alkyl carbamates (subject to hydrolysis) is 1. The predicted octanol–water partition coefficient (Wildman–Crippen LogP) is 4.23. The molecule has 1 aliphatic heterocycles. The molecule has 0 aromatic heterocycles. The number of hydrogen-bond donors (Lipinski definition) is 4. The second-order valence-corrected chi connectivity index (χ2v) is 11.7. The molecule has 0 saturated carbocycles. The average Bonchev–Trinajstić information content (AvgIpc) is 3.01. The van der Waals surface area contributed by atoms with Crippen LogP contribution in [-0.2, 0) is 30.3 Å². The minimum atomic E-state index is -1.36. The van der Waals surface area contributed by atoms with E-state index in [9.17, 15) is 24.3 Å². The Hall–Kier alpha value is -5.46. The van der Waals surface area contributed by atoms with Gasteiger partial charge in [0.2, 0.25) is 11.8 Å². The van der Waals surface area contributed by atoms with Gasteiger partial charge in [-0.1, -0.05) is 18.2 Å². The number of phenols is 1. The summed E-state index contributed by atoms with van der Waals surface area (Å²) in [5, 5.41) is 17.8. The second kappa shape index (κ2) is 14.8. The van der Waals surface area contributed by atoms with Crippen LogP contribution in [0.15, 0.2) is 60.7 Å². The van der Waals surface area contributed by atoms with Crippen LogP contribution in [0, 0.1) is 0 Å². The Morgan fingerprint density at radius 3 is 2.28 bits per heavy atom. The van der Waals surface area contributed by atoms with Crippen LogP contribution in [0.5, 0.6) is 28.7 Å². The zero-order valence-corrected chi connectivity index (χ0v) is 27.0. The highest BCUT2D eigenvalue weighted by atomic mass is 16.6. The highest BCUT2D eigenvalue weighted by molar-refractivity contribution is 5.94. The molecule has 0 saturated heterocycles. The van der Waals surface area contributed by atoms with Crippen molar-refractivity contribution in [3.05, 3.63) is 77.4 Å². The van der Waals surface area contributed by atoms with Gasteiger partial charge in [0.15, 0.2) is 17.5 Å². The van der Waals surface area contributed by atoms with Gasteiger partial charge in [-0.25, -0.2) is 9.59 Å². The second-order valence-electron chi connectivity index (χ2n) is 11.7. The number of ether oxygens (including phenoxy) is 5. The zero-order chi connectivity index (χ0) is 34.3. The van der Waals surface area contributed by atoms with Crippen LogP contribution in [0.2, 0.25) is 0 Å². The van der Waals surface area contributed by atoms with Crippen molar-refractivity contribution in [2.75, 3.05) is 20.8 Å². The molecule has 13 nitrogen and oxygen atoms in total. The van der Waals surface area contributed by atoms with Gasteiger partial charge in [-0.2, -0.15) is 0 Å². The molecule has 47 heavy (non-hydrogen) atoms. The van der Waals surface area contributed by atoms with Crippen LogP contribution in [-0.4, -0.2) is 61.5 Å². The minimum Gasteiger partial charge on any atom is -0.508 e. The summed E-state index contributed by atoms with van der Waals surface area (Å²) in [7, 11) is 2.89. The van der Waals surface area contributed by atoms with Crippen LogP contribution in [0.25, 0.3) is 0 Å². The highest BCUT2D eigenvalue weighted by Crippen LogP contribution is 2.37. The van der Waals surface area contributed by atoms with Gasteiger partial charge in [0, 0.05) is 12.5 Å². The molecule has 0 spiro atoms. The Morgan fingerprint density at radius 2 is 1.64 bits per heavy atom. The number of methoxy groups -OCH3 is 2. The number of benzene rings is 3. The summed E-state index contributed by atoms with van der Waals surface area (Å²) in [6.45, 7) is 6.71. The first-order valence-electron chi connectivity index (χ1n) is 14.9. The maximum atomic E-state index is 14.0. The molecular weight excluding hydrogens is 610 g/mol. The number of carbonyl (C=O) groups is 4. The van der Waals surface area contributed by atoms with Gasteiger partial charge in [-0.05, 0) is 80.8 Å². The zero-order valence-electron chi connectivity index (χ0n) is 27.0. The van der Waals surface area contributed by atoms with Crippen molar-refractivity contribution in [1.29, 1.82) is 0 Å². The Kier molecular flexibility index (Phi) is 10.8. The summed E-state index contributed by atoms with van der Waals surface area (Å²) in [6.07, 6.45) is -0.913. The smallest absolute Gasteiger partial charge is 0.408 e. The van der Waals surface area contributed by atoms with Gasteiger partial charge in [0.1, 0.15) is 34.9 Å². The molecule has 0 unspecified atom stereocenters. The molecular formula is C34H39N3O10. The van der Waals surface area contributed by atoms with E-state index in [4.69, 9.17) is 23.7 Å². The standard InChI is InChI=1S/C34H39N3O10/c1-7-45-32(41)29-21-15-23(43-5)18-24(16-21)46-27-17-20(10-13-26(27)44-6)28(37-33(42)47-34(2,3)4)31(40)35-25(30(39)36-29)14-19-8-11-22(38)12-9-19/h8-13,15-18,25,28-29,38H,7,14H2,1-6H3,(H,35,40)(H,36,39)(H,37,42)/t25-,28-,29+/m1/s1. The molecule has 4 rings (SSSR count). The lowest BCUT2D eigenvalue weighted by atomic mass is 10.0. The number of phenolic OH excluding ortho intramolecular Hbond substituents is 1. The Morgan fingerprint density at radius 1 is 0.915 bits per heavy atom. The number of fused-ring (bicyclic) bond motifs is 4. The molecule has 0 radical (unpaired) electrons. The summed E-state index contributed by atoms with van der Waals surface area (Å²) in [6, 6.07) is 11.5. The minimum absolute atomic E-state index is 0.0172. The van der Waals surface area contributed by atoms with E-state index in [1.165, 1.54) is 32.4 Å². The Bertz CT molecular complexity index is 1620. The number of amides is 3. The normalized spacial score (nSPS) is 18.0. The van der Waals surface area contributed by atoms with Crippen molar-refractivity contribution in [3.63, 3.8) is 0 Å². The lowest BCUT2D eigenvalue weighted by Crippen LogP contribution is -2.53. The molecule has 1 heterocycles. The van der Waals surface area contributed by atoms with Crippen LogP contribution in [0.1, 0.15) is 56.5 Å². The third-order valence-electron chi connectivity index (χ3n) is 6.96. The molecule has 3 amide bonds. The van der Waals surface area contributed by atoms with E-state index in [0.29, 0.717) is 17.1 Å². The van der Waals surface area contributed by atoms with Gasteiger partial charge < -0.3 is 44.7 Å². The molecule has 0 aliphatic carbocycles. The third-order valence-corrected chi connectivity index (χ3v) is 6.96. The molecule has 4 N–H and O–H groups in total. The Balaban J connectivity index is 1.89. The summed E-state index contributed by atoms with van der Waals surface area (Å²) >= 11 is 0. The van der Waals surface area contributed by atoms with Crippen molar-refractivity contribution in [3.8, 4) is 28.7 Å². The van der Waals surface area contributed by atoms with Gasteiger partial charge in [-0.3, -0.25) is 9.59 Å². The topological polar surface area (TPSA) is 171 Å². The van der Waals surface area contributed by atoms with E-state index in [2.05, 4.69) is 16.0 Å². The van der Waals surface area contributed by atoms with Crippen LogP contribution in [0.4, 0.5) is 4.79 Å². The molecule has 13 heteroatoms. The summed E-state index contributed by atoms with van der Waals surface area (Å²) < 4.78 is 27.9. The average molecular weight is 650 g/mol. The summed E-state index contributed by atoms with van der Waals surface area (Å²) in [5.74, 6) is -1.19. The monoisotopic (exact) mass is 649 g/mol. The van der Waals surface area contributed by atoms with E-state index < -0.39 is 47.6 Å². The number of rotatable bonds is 7. The van der Waals surface area contributed by atoms with Gasteiger partial charge in [-0.15, -0.1) is 0 Å². The quantitative estimate of drug-likeness (QED) is 0.272. The van der Waals surface area contributed by atoms with E-state index in [0.717, 1.165) is 0 Å². The lowest BCUT2D eigenvalue weighted by Gasteiger charge is -2.27. The van der Waals surface area contributed by atoms with E-state index in [-0.39, 0.29) is 41.4 Å². The van der Waals surface area contributed by atoms with Gasteiger partial charge in [0.05, 0.1) is 20.8 Å². The highest BCUT2D eigenvalue weighted by Gasteiger charge is 2.34. The Labute approximate surface area is 272 Å². The van der Waals surface area contributed by atoms with Crippen molar-refractivity contribution >= 4 is 23.9 Å². The number of aromatic hydroxyl groups is 1. The van der Waals surface area contributed by atoms with Crippen LogP contribution >= 0.6 is 0 Å². The van der Waals surface area contributed by atoms with Crippen molar-refractivity contribution in [2.24, 2.45) is 0 Å². The number of nitrogens with one attached hydrogen (secondary N) is 3. The maximum Gasteiger partial charge on any atom is 0.408 e.